The van der Waals surface area contributed by atoms with E-state index in [2.05, 4.69) is 37.5 Å². The molecule has 0 aromatic rings. The van der Waals surface area contributed by atoms with Crippen LogP contribution >= 0.6 is 0 Å². The largest absolute Gasteiger partial charge is 0.343 e. The van der Waals surface area contributed by atoms with Crippen LogP contribution in [0.25, 0.3) is 0 Å². The van der Waals surface area contributed by atoms with Gasteiger partial charge in [0.05, 0.1) is 0 Å². The molecule has 22 heavy (non-hydrogen) atoms. The van der Waals surface area contributed by atoms with Gasteiger partial charge >= 0.3 is 0 Å². The predicted octanol–water partition coefficient (Wildman–Crippen LogP) is 4.92. The molecule has 0 bridgehead atoms. The highest BCUT2D eigenvalue weighted by molar-refractivity contribution is 5.80. The van der Waals surface area contributed by atoms with Crippen LogP contribution in [0.1, 0.15) is 85.5 Å². The first-order valence-corrected chi connectivity index (χ1v) is 9.84. The molecule has 0 amide bonds. The van der Waals surface area contributed by atoms with Gasteiger partial charge in [-0.2, -0.15) is 0 Å². The standard InChI is InChI=1S/C19H39N3/c1-5-14-20-19(21(15-6-2)16-7-3)22(17-8-4)18-12-10-9-11-13-18/h18H,5-17H2,1-4H3/b20-19+. The van der Waals surface area contributed by atoms with Gasteiger partial charge in [0.2, 0.25) is 0 Å². The lowest BCUT2D eigenvalue weighted by Crippen LogP contribution is -2.50. The van der Waals surface area contributed by atoms with E-state index < -0.39 is 0 Å². The Balaban J connectivity index is 2.95. The molecule has 1 fully saturated rings. The van der Waals surface area contributed by atoms with Gasteiger partial charge in [-0.25, -0.2) is 0 Å². The zero-order chi connectivity index (χ0) is 16.2. The van der Waals surface area contributed by atoms with Crippen LogP contribution in [0.5, 0.6) is 0 Å². The lowest BCUT2D eigenvalue weighted by molar-refractivity contribution is 0.210. The van der Waals surface area contributed by atoms with Crippen LogP contribution in [-0.2, 0) is 0 Å². The molecule has 0 radical (unpaired) electrons. The number of nitrogens with zero attached hydrogens (tertiary/aromatic N) is 3. The minimum Gasteiger partial charge on any atom is -0.343 e. The summed E-state index contributed by atoms with van der Waals surface area (Å²) in [7, 11) is 0. The van der Waals surface area contributed by atoms with Crippen molar-refractivity contribution in [2.75, 3.05) is 26.2 Å². The third-order valence-corrected chi connectivity index (χ3v) is 4.48. The van der Waals surface area contributed by atoms with E-state index in [-0.39, 0.29) is 0 Å². The van der Waals surface area contributed by atoms with Gasteiger partial charge < -0.3 is 9.80 Å². The molecule has 3 heteroatoms. The Bertz CT molecular complexity index is 289. The Kier molecular flexibility index (Phi) is 10.3. The van der Waals surface area contributed by atoms with E-state index in [0.717, 1.165) is 38.6 Å². The third kappa shape index (κ3) is 6.18. The first-order chi connectivity index (χ1) is 10.8. The van der Waals surface area contributed by atoms with Gasteiger partial charge in [-0.15, -0.1) is 0 Å². The molecule has 1 saturated carbocycles. The summed E-state index contributed by atoms with van der Waals surface area (Å²) in [5.41, 5.74) is 0. The quantitative estimate of drug-likeness (QED) is 0.445. The van der Waals surface area contributed by atoms with Gasteiger partial charge in [0.1, 0.15) is 0 Å². The third-order valence-electron chi connectivity index (χ3n) is 4.48. The predicted molar refractivity (Wildman–Crippen MR) is 98.6 cm³/mol. The molecule has 130 valence electrons. The highest BCUT2D eigenvalue weighted by Gasteiger charge is 2.26. The summed E-state index contributed by atoms with van der Waals surface area (Å²) in [5.74, 6) is 1.30. The van der Waals surface area contributed by atoms with Crippen molar-refractivity contribution in [2.45, 2.75) is 91.5 Å². The molecule has 0 spiro atoms. The SMILES string of the molecule is CCC/N=C(\N(CCC)CCC)N(CCC)C1CCCCC1. The molecule has 1 aliphatic carbocycles. The van der Waals surface area contributed by atoms with Crippen LogP contribution in [-0.4, -0.2) is 48.0 Å². The molecule has 1 aliphatic rings. The van der Waals surface area contributed by atoms with Gasteiger partial charge in [0.25, 0.3) is 0 Å². The Labute approximate surface area is 139 Å². The second-order valence-electron chi connectivity index (χ2n) is 6.65. The van der Waals surface area contributed by atoms with Crippen molar-refractivity contribution >= 4 is 5.96 Å². The van der Waals surface area contributed by atoms with Crippen molar-refractivity contribution in [3.8, 4) is 0 Å². The van der Waals surface area contributed by atoms with Crippen LogP contribution < -0.4 is 0 Å². The number of hydrogen-bond acceptors (Lipinski definition) is 1. The second-order valence-corrected chi connectivity index (χ2v) is 6.65. The van der Waals surface area contributed by atoms with Crippen LogP contribution in [0.2, 0.25) is 0 Å². The fraction of sp³-hybridized carbons (Fsp3) is 0.947. The normalized spacial score (nSPS) is 16.8. The van der Waals surface area contributed by atoms with Crippen molar-refractivity contribution < 1.29 is 0 Å². The maximum atomic E-state index is 5.04. The average molecular weight is 310 g/mol. The molecular weight excluding hydrogens is 270 g/mol. The van der Waals surface area contributed by atoms with E-state index in [9.17, 15) is 0 Å². The maximum absolute atomic E-state index is 5.04. The van der Waals surface area contributed by atoms with Crippen LogP contribution in [0.15, 0.2) is 4.99 Å². The molecule has 0 atom stereocenters. The Morgan fingerprint density at radius 1 is 0.818 bits per heavy atom. The van der Waals surface area contributed by atoms with Gasteiger partial charge in [-0.3, -0.25) is 4.99 Å². The molecular formula is C19H39N3. The monoisotopic (exact) mass is 309 g/mol. The van der Waals surface area contributed by atoms with E-state index in [4.69, 9.17) is 4.99 Å². The van der Waals surface area contributed by atoms with Crippen molar-refractivity contribution in [2.24, 2.45) is 4.99 Å². The molecule has 0 aromatic heterocycles. The fourth-order valence-electron chi connectivity index (χ4n) is 3.52. The molecule has 0 heterocycles. The maximum Gasteiger partial charge on any atom is 0.196 e. The fourth-order valence-corrected chi connectivity index (χ4v) is 3.52. The minimum absolute atomic E-state index is 0.723. The molecule has 1 rings (SSSR count). The zero-order valence-electron chi connectivity index (χ0n) is 15.6. The molecule has 0 aliphatic heterocycles. The van der Waals surface area contributed by atoms with Gasteiger partial charge in [0, 0.05) is 32.2 Å². The Morgan fingerprint density at radius 2 is 1.41 bits per heavy atom. The highest BCUT2D eigenvalue weighted by atomic mass is 15.4. The summed E-state index contributed by atoms with van der Waals surface area (Å²) >= 11 is 0. The molecule has 0 unspecified atom stereocenters. The average Bonchev–Trinajstić information content (AvgIpc) is 2.55. The van der Waals surface area contributed by atoms with E-state index in [1.807, 2.05) is 0 Å². The Morgan fingerprint density at radius 3 is 1.91 bits per heavy atom. The van der Waals surface area contributed by atoms with Crippen LogP contribution in [0, 0.1) is 0 Å². The lowest BCUT2D eigenvalue weighted by Gasteiger charge is -2.41. The van der Waals surface area contributed by atoms with Crippen molar-refractivity contribution in [1.29, 1.82) is 0 Å². The second kappa shape index (κ2) is 11.8. The summed E-state index contributed by atoms with van der Waals surface area (Å²) in [5, 5.41) is 0. The molecule has 0 aromatic carbocycles. The topological polar surface area (TPSA) is 18.8 Å². The lowest BCUT2D eigenvalue weighted by atomic mass is 9.94. The van der Waals surface area contributed by atoms with Gasteiger partial charge in [-0.1, -0.05) is 47.0 Å². The van der Waals surface area contributed by atoms with Crippen molar-refractivity contribution in [3.63, 3.8) is 0 Å². The smallest absolute Gasteiger partial charge is 0.196 e. The van der Waals surface area contributed by atoms with Crippen molar-refractivity contribution in [1.82, 2.24) is 9.80 Å². The van der Waals surface area contributed by atoms with Crippen LogP contribution in [0.3, 0.4) is 0 Å². The number of guanidine groups is 1. The minimum atomic E-state index is 0.723. The molecule has 0 N–H and O–H groups in total. The molecule has 3 nitrogen and oxygen atoms in total. The summed E-state index contributed by atoms with van der Waals surface area (Å²) in [4.78, 5) is 10.3. The number of aliphatic imine (C=N–C) groups is 1. The highest BCUT2D eigenvalue weighted by Crippen LogP contribution is 2.24. The summed E-state index contributed by atoms with van der Waals surface area (Å²) in [6.07, 6.45) is 11.7. The van der Waals surface area contributed by atoms with Gasteiger partial charge in [-0.05, 0) is 38.5 Å². The molecule has 0 saturated heterocycles. The summed E-state index contributed by atoms with van der Waals surface area (Å²) in [6, 6.07) is 0.723. The van der Waals surface area contributed by atoms with E-state index in [1.54, 1.807) is 0 Å². The Hall–Kier alpha value is -0.730. The summed E-state index contributed by atoms with van der Waals surface area (Å²) < 4.78 is 0. The van der Waals surface area contributed by atoms with E-state index in [0.29, 0.717) is 0 Å². The summed E-state index contributed by atoms with van der Waals surface area (Å²) in [6.45, 7) is 13.5. The van der Waals surface area contributed by atoms with Crippen LogP contribution in [0.4, 0.5) is 0 Å². The first-order valence-electron chi connectivity index (χ1n) is 9.84. The number of hydrogen-bond donors (Lipinski definition) is 0. The van der Waals surface area contributed by atoms with Gasteiger partial charge in [0.15, 0.2) is 5.96 Å². The van der Waals surface area contributed by atoms with E-state index in [1.165, 1.54) is 57.3 Å². The van der Waals surface area contributed by atoms with E-state index >= 15 is 0 Å². The zero-order valence-corrected chi connectivity index (χ0v) is 15.6. The first kappa shape index (κ1) is 19.3. The van der Waals surface area contributed by atoms with Crippen molar-refractivity contribution in [3.05, 3.63) is 0 Å². The number of rotatable bonds is 9.